The summed E-state index contributed by atoms with van der Waals surface area (Å²) in [7, 11) is 1.22. The van der Waals surface area contributed by atoms with E-state index in [2.05, 4.69) is 20.9 Å². The lowest BCUT2D eigenvalue weighted by molar-refractivity contribution is -0.155. The number of amides is 3. The topological polar surface area (TPSA) is 230 Å². The smallest absolute Gasteiger partial charge is 0.328 e. The van der Waals surface area contributed by atoms with Gasteiger partial charge in [-0.15, -0.1) is 0 Å². The van der Waals surface area contributed by atoms with Crippen molar-refractivity contribution in [2.45, 2.75) is 104 Å². The van der Waals surface area contributed by atoms with Gasteiger partial charge in [0, 0.05) is 13.0 Å². The van der Waals surface area contributed by atoms with Crippen molar-refractivity contribution < 1.29 is 33.4 Å². The van der Waals surface area contributed by atoms with Crippen molar-refractivity contribution in [1.82, 2.24) is 16.0 Å². The summed E-state index contributed by atoms with van der Waals surface area (Å²) in [5.41, 5.74) is 15.8. The first kappa shape index (κ1) is 36.6. The number of esters is 2. The number of aliphatic imine (C=N–C) groups is 1. The molecule has 0 aromatic heterocycles. The predicted molar refractivity (Wildman–Crippen MR) is 150 cm³/mol. The van der Waals surface area contributed by atoms with Crippen molar-refractivity contribution in [3.63, 3.8) is 0 Å². The number of ether oxygens (including phenoxy) is 2. The van der Waals surface area contributed by atoms with Crippen LogP contribution in [0.5, 0.6) is 0 Å². The Labute approximate surface area is 236 Å². The Balaban J connectivity index is 5.69. The molecule has 0 spiro atoms. The maximum Gasteiger partial charge on any atom is 0.328 e. The Bertz CT molecular complexity index is 896. The van der Waals surface area contributed by atoms with Crippen LogP contribution in [0.3, 0.4) is 0 Å². The summed E-state index contributed by atoms with van der Waals surface area (Å²) in [4.78, 5) is 67.5. The van der Waals surface area contributed by atoms with E-state index >= 15 is 0 Å². The average Bonchev–Trinajstić information content (AvgIpc) is 2.83. The van der Waals surface area contributed by atoms with Crippen molar-refractivity contribution in [2.75, 3.05) is 13.7 Å². The first-order valence-electron chi connectivity index (χ1n) is 13.4. The number of nitrogens with zero attached hydrogens (tertiary/aromatic N) is 1. The number of nitrogens with two attached hydrogens (primary N) is 3. The molecule has 0 aliphatic rings. The van der Waals surface area contributed by atoms with E-state index in [1.54, 1.807) is 48.5 Å². The predicted octanol–water partition coefficient (Wildman–Crippen LogP) is -0.571. The second-order valence-corrected chi connectivity index (χ2v) is 11.2. The highest BCUT2D eigenvalue weighted by Gasteiger charge is 2.33. The summed E-state index contributed by atoms with van der Waals surface area (Å²) >= 11 is 0. The highest BCUT2D eigenvalue weighted by molar-refractivity contribution is 5.94. The third-order valence-electron chi connectivity index (χ3n) is 5.66. The van der Waals surface area contributed by atoms with Gasteiger partial charge in [-0.05, 0) is 51.9 Å². The molecule has 0 saturated carbocycles. The number of guanidine groups is 1. The third kappa shape index (κ3) is 14.7. The zero-order valence-corrected chi connectivity index (χ0v) is 25.0. The van der Waals surface area contributed by atoms with E-state index in [0.29, 0.717) is 6.42 Å². The van der Waals surface area contributed by atoms with E-state index in [0.717, 1.165) is 0 Å². The molecule has 40 heavy (non-hydrogen) atoms. The van der Waals surface area contributed by atoms with Crippen molar-refractivity contribution in [3.8, 4) is 0 Å². The van der Waals surface area contributed by atoms with Crippen LogP contribution in [0, 0.1) is 11.8 Å². The molecule has 0 heterocycles. The van der Waals surface area contributed by atoms with Gasteiger partial charge in [-0.3, -0.25) is 24.2 Å². The number of hydrogen-bond donors (Lipinski definition) is 6. The van der Waals surface area contributed by atoms with E-state index < -0.39 is 59.4 Å². The normalized spacial score (nSPS) is 14.4. The number of carbonyl (C=O) groups is 5. The number of methoxy groups -OCH3 is 1. The fraction of sp³-hybridized carbons (Fsp3) is 0.769. The minimum atomic E-state index is -1.20. The van der Waals surface area contributed by atoms with Crippen LogP contribution >= 0.6 is 0 Å². The monoisotopic (exact) mass is 571 g/mol. The molecular weight excluding hydrogens is 522 g/mol. The number of rotatable bonds is 16. The first-order chi connectivity index (χ1) is 18.4. The van der Waals surface area contributed by atoms with E-state index in [-0.39, 0.29) is 43.6 Å². The Morgan fingerprint density at radius 3 is 1.85 bits per heavy atom. The molecule has 0 aliphatic heterocycles. The van der Waals surface area contributed by atoms with Crippen LogP contribution in [-0.2, 0) is 33.4 Å². The molecule has 0 fully saturated rings. The van der Waals surface area contributed by atoms with E-state index in [1.165, 1.54) is 7.11 Å². The number of hydrogen-bond acceptors (Lipinski definition) is 9. The van der Waals surface area contributed by atoms with Gasteiger partial charge in [-0.2, -0.15) is 0 Å². The first-order valence-corrected chi connectivity index (χ1v) is 13.4. The Kier molecular flexibility index (Phi) is 15.8. The minimum Gasteiger partial charge on any atom is -0.467 e. The van der Waals surface area contributed by atoms with Gasteiger partial charge in [0.15, 0.2) is 5.96 Å². The highest BCUT2D eigenvalue weighted by atomic mass is 16.6. The molecule has 0 aromatic carbocycles. The lowest BCUT2D eigenvalue weighted by Crippen LogP contribution is -2.59. The highest BCUT2D eigenvalue weighted by Crippen LogP contribution is 2.12. The van der Waals surface area contributed by atoms with Crippen LogP contribution in [0.25, 0.3) is 0 Å². The Hall–Kier alpha value is -3.42. The van der Waals surface area contributed by atoms with E-state index in [1.807, 2.05) is 0 Å². The lowest BCUT2D eigenvalue weighted by atomic mass is 9.99. The fourth-order valence-electron chi connectivity index (χ4n) is 3.51. The minimum absolute atomic E-state index is 0.0769. The average molecular weight is 572 g/mol. The number of carbonyl (C=O) groups excluding carboxylic acids is 5. The molecule has 0 saturated heterocycles. The molecule has 0 rings (SSSR count). The van der Waals surface area contributed by atoms with Crippen molar-refractivity contribution in [1.29, 1.82) is 0 Å². The standard InChI is InChI=1S/C26H49N7O7/c1-14(2)19(23(37)33-20(15(3)4)24(38)39-8)32-22(36)17(11-12-18(34)40-26(5,6)7)31-21(35)16(27)10-9-13-30-25(28)29/h14-17,19-20H,9-13,27H2,1-8H3,(H,31,35)(H,32,36)(H,33,37)(H4,28,29,30)/t16-,17-,19-,20-/m0/s1. The van der Waals surface area contributed by atoms with Gasteiger partial charge in [0.2, 0.25) is 17.7 Å². The molecule has 0 aliphatic carbocycles. The Morgan fingerprint density at radius 1 is 0.825 bits per heavy atom. The van der Waals surface area contributed by atoms with Crippen LogP contribution in [-0.4, -0.2) is 79.0 Å². The largest absolute Gasteiger partial charge is 0.467 e. The summed E-state index contributed by atoms with van der Waals surface area (Å²) in [5, 5.41) is 7.85. The maximum absolute atomic E-state index is 13.3. The van der Waals surface area contributed by atoms with Crippen LogP contribution in [0.4, 0.5) is 0 Å². The van der Waals surface area contributed by atoms with Gasteiger partial charge in [-0.1, -0.05) is 27.7 Å². The molecule has 230 valence electrons. The molecular formula is C26H49N7O7. The number of nitrogens with one attached hydrogen (secondary N) is 3. The van der Waals surface area contributed by atoms with Gasteiger partial charge >= 0.3 is 11.9 Å². The van der Waals surface area contributed by atoms with Gasteiger partial charge in [0.25, 0.3) is 0 Å². The quantitative estimate of drug-likeness (QED) is 0.0597. The molecule has 0 unspecified atom stereocenters. The third-order valence-corrected chi connectivity index (χ3v) is 5.66. The van der Waals surface area contributed by atoms with Crippen molar-refractivity contribution in [2.24, 2.45) is 34.0 Å². The van der Waals surface area contributed by atoms with Gasteiger partial charge in [-0.25, -0.2) is 4.79 Å². The molecule has 3 amide bonds. The summed E-state index contributed by atoms with van der Waals surface area (Å²) < 4.78 is 10.1. The molecule has 0 bridgehead atoms. The van der Waals surface area contributed by atoms with Crippen LogP contribution in [0.1, 0.15) is 74.1 Å². The second-order valence-electron chi connectivity index (χ2n) is 11.2. The van der Waals surface area contributed by atoms with Crippen LogP contribution in [0.2, 0.25) is 0 Å². The van der Waals surface area contributed by atoms with Crippen molar-refractivity contribution >= 4 is 35.6 Å². The summed E-state index contributed by atoms with van der Waals surface area (Å²) in [5.74, 6) is -3.81. The molecule has 14 nitrogen and oxygen atoms in total. The maximum atomic E-state index is 13.3. The zero-order chi connectivity index (χ0) is 31.2. The fourth-order valence-corrected chi connectivity index (χ4v) is 3.51. The SMILES string of the molecule is COC(=O)[C@@H](NC(=O)[C@@H](NC(=O)[C@H](CCC(=O)OC(C)(C)C)NC(=O)[C@@H](N)CCCN=C(N)N)C(C)C)C(C)C. The van der Waals surface area contributed by atoms with Gasteiger partial charge in [0.05, 0.1) is 13.2 Å². The molecule has 0 radical (unpaired) electrons. The molecule has 4 atom stereocenters. The van der Waals surface area contributed by atoms with Gasteiger partial charge in [0.1, 0.15) is 23.7 Å². The second kappa shape index (κ2) is 17.3. The molecule has 14 heteroatoms. The zero-order valence-electron chi connectivity index (χ0n) is 25.0. The Morgan fingerprint density at radius 2 is 1.38 bits per heavy atom. The van der Waals surface area contributed by atoms with E-state index in [4.69, 9.17) is 26.7 Å². The lowest BCUT2D eigenvalue weighted by Gasteiger charge is -2.28. The molecule has 9 N–H and O–H groups in total. The summed E-state index contributed by atoms with van der Waals surface area (Å²) in [6.45, 7) is 12.3. The summed E-state index contributed by atoms with van der Waals surface area (Å²) in [6.07, 6.45) is 0.389. The molecule has 0 aromatic rings. The van der Waals surface area contributed by atoms with Gasteiger partial charge < -0.3 is 42.6 Å². The van der Waals surface area contributed by atoms with Crippen LogP contribution < -0.4 is 33.2 Å². The van der Waals surface area contributed by atoms with Crippen LogP contribution in [0.15, 0.2) is 4.99 Å². The van der Waals surface area contributed by atoms with Crippen molar-refractivity contribution in [3.05, 3.63) is 0 Å². The summed E-state index contributed by atoms with van der Waals surface area (Å²) in [6, 6.07) is -4.13. The van der Waals surface area contributed by atoms with E-state index in [9.17, 15) is 24.0 Å².